The number of carbonyl (C=O) groups excluding carboxylic acids is 1. The third-order valence-electron chi connectivity index (χ3n) is 4.00. The largest absolute Gasteiger partial charge is 0.463 e. The summed E-state index contributed by atoms with van der Waals surface area (Å²) in [6.07, 6.45) is -0.799. The molecule has 1 saturated carbocycles. The van der Waals surface area contributed by atoms with Crippen molar-refractivity contribution < 1.29 is 14.7 Å². The molecule has 1 amide bonds. The van der Waals surface area contributed by atoms with Crippen LogP contribution in [0.2, 0.25) is 5.02 Å². The molecule has 2 fully saturated rings. The third kappa shape index (κ3) is 3.28. The molecular formula is C15H16ClN3O3. The van der Waals surface area contributed by atoms with Crippen molar-refractivity contribution in [1.82, 2.24) is 4.90 Å². The number of carboxylic acid groups (broad SMARTS) is 1. The minimum absolute atomic E-state index is 0.00935. The lowest BCUT2D eigenvalue weighted by Gasteiger charge is -2.07. The highest BCUT2D eigenvalue weighted by atomic mass is 35.5. The number of carbonyl (C=O) groups is 2. The van der Waals surface area contributed by atoms with E-state index in [-0.39, 0.29) is 23.5 Å². The second kappa shape index (κ2) is 5.70. The SMILES string of the molecule is NC(=NC(=O)O)[C@H]1C[C@@H]1C(=O)c1ccc(CN2CC2)c(Cl)c1. The summed E-state index contributed by atoms with van der Waals surface area (Å²) in [6, 6.07) is 5.33. The fourth-order valence-corrected chi connectivity index (χ4v) is 2.76. The van der Waals surface area contributed by atoms with Crippen molar-refractivity contribution in [2.24, 2.45) is 22.6 Å². The Balaban J connectivity index is 1.68. The number of hydrogen-bond acceptors (Lipinski definition) is 3. The Bertz CT molecular complexity index is 670. The van der Waals surface area contributed by atoms with Crippen molar-refractivity contribution in [3.63, 3.8) is 0 Å². The van der Waals surface area contributed by atoms with Crippen LogP contribution < -0.4 is 5.73 Å². The Hall–Kier alpha value is -1.92. The maximum absolute atomic E-state index is 12.4. The van der Waals surface area contributed by atoms with E-state index in [1.807, 2.05) is 6.07 Å². The van der Waals surface area contributed by atoms with Crippen molar-refractivity contribution in [1.29, 1.82) is 0 Å². The molecule has 0 spiro atoms. The van der Waals surface area contributed by atoms with Crippen LogP contribution in [0, 0.1) is 11.8 Å². The molecule has 0 radical (unpaired) electrons. The standard InChI is InChI=1S/C15H16ClN3O3/c16-12-5-8(1-2-9(12)7-19-3-4-19)13(20)10-6-11(10)14(17)18-15(21)22/h1-2,5,10-11H,3-4,6-7H2,(H2,17,18)(H,21,22)/t10-,11-/m0/s1. The Morgan fingerprint density at radius 3 is 2.68 bits per heavy atom. The minimum atomic E-state index is -1.34. The van der Waals surface area contributed by atoms with Gasteiger partial charge in [0.1, 0.15) is 5.84 Å². The summed E-state index contributed by atoms with van der Waals surface area (Å²) in [6.45, 7) is 2.98. The van der Waals surface area contributed by atoms with E-state index in [4.69, 9.17) is 22.4 Å². The van der Waals surface area contributed by atoms with Crippen LogP contribution in [0.15, 0.2) is 23.2 Å². The zero-order valence-electron chi connectivity index (χ0n) is 11.8. The maximum atomic E-state index is 12.4. The Morgan fingerprint density at radius 2 is 2.09 bits per heavy atom. The van der Waals surface area contributed by atoms with Gasteiger partial charge in [0, 0.05) is 42.1 Å². The maximum Gasteiger partial charge on any atom is 0.432 e. The van der Waals surface area contributed by atoms with Crippen LogP contribution in [-0.2, 0) is 6.54 Å². The van der Waals surface area contributed by atoms with Crippen LogP contribution in [0.5, 0.6) is 0 Å². The van der Waals surface area contributed by atoms with Gasteiger partial charge in [0.15, 0.2) is 5.78 Å². The number of Topliss-reactive ketones (excluding diaryl/α,β-unsaturated/α-hetero) is 1. The lowest BCUT2D eigenvalue weighted by Crippen LogP contribution is -2.19. The van der Waals surface area contributed by atoms with Gasteiger partial charge >= 0.3 is 6.09 Å². The molecule has 1 aliphatic carbocycles. The number of ketones is 1. The van der Waals surface area contributed by atoms with Gasteiger partial charge in [0.05, 0.1) is 0 Å². The zero-order chi connectivity index (χ0) is 15.9. The molecule has 1 aromatic carbocycles. The van der Waals surface area contributed by atoms with Gasteiger partial charge < -0.3 is 10.8 Å². The lowest BCUT2D eigenvalue weighted by atomic mass is 10.0. The van der Waals surface area contributed by atoms with E-state index in [2.05, 4.69) is 9.89 Å². The van der Waals surface area contributed by atoms with Crippen LogP contribution in [-0.4, -0.2) is 40.8 Å². The molecule has 1 saturated heterocycles. The summed E-state index contributed by atoms with van der Waals surface area (Å²) < 4.78 is 0. The molecule has 1 heterocycles. The van der Waals surface area contributed by atoms with Gasteiger partial charge in [-0.15, -0.1) is 0 Å². The predicted octanol–water partition coefficient (Wildman–Crippen LogP) is 2.01. The fraction of sp³-hybridized carbons (Fsp3) is 0.400. The molecule has 0 unspecified atom stereocenters. The van der Waals surface area contributed by atoms with Crippen LogP contribution in [0.25, 0.3) is 0 Å². The van der Waals surface area contributed by atoms with E-state index in [1.54, 1.807) is 12.1 Å². The highest BCUT2D eigenvalue weighted by Crippen LogP contribution is 2.41. The quantitative estimate of drug-likeness (QED) is 0.374. The number of nitrogens with zero attached hydrogens (tertiary/aromatic N) is 2. The van der Waals surface area contributed by atoms with E-state index < -0.39 is 6.09 Å². The second-order valence-electron chi connectivity index (χ2n) is 5.71. The summed E-state index contributed by atoms with van der Waals surface area (Å²) in [7, 11) is 0. The van der Waals surface area contributed by atoms with Crippen LogP contribution in [0.4, 0.5) is 4.79 Å². The van der Waals surface area contributed by atoms with Gasteiger partial charge in [-0.3, -0.25) is 9.69 Å². The van der Waals surface area contributed by atoms with Crippen molar-refractivity contribution >= 4 is 29.3 Å². The first-order valence-electron chi connectivity index (χ1n) is 7.07. The Kier molecular flexibility index (Phi) is 3.88. The number of amides is 1. The number of nitrogens with two attached hydrogens (primary N) is 1. The Morgan fingerprint density at radius 1 is 1.36 bits per heavy atom. The highest BCUT2D eigenvalue weighted by molar-refractivity contribution is 6.31. The first-order valence-corrected chi connectivity index (χ1v) is 7.45. The summed E-state index contributed by atoms with van der Waals surface area (Å²) in [5, 5.41) is 9.16. The molecule has 3 rings (SSSR count). The van der Waals surface area contributed by atoms with Gasteiger partial charge in [-0.2, -0.15) is 4.99 Å². The number of rotatable bonds is 5. The number of amidine groups is 1. The van der Waals surface area contributed by atoms with E-state index >= 15 is 0 Å². The molecule has 1 aliphatic heterocycles. The summed E-state index contributed by atoms with van der Waals surface area (Å²) in [5.74, 6) is -0.624. The fourth-order valence-electron chi connectivity index (χ4n) is 2.52. The van der Waals surface area contributed by atoms with Gasteiger partial charge in [0.2, 0.25) is 0 Å². The number of hydrogen-bond donors (Lipinski definition) is 2. The average molecular weight is 322 g/mol. The van der Waals surface area contributed by atoms with Gasteiger partial charge in [0.25, 0.3) is 0 Å². The monoisotopic (exact) mass is 321 g/mol. The van der Waals surface area contributed by atoms with E-state index in [1.165, 1.54) is 0 Å². The second-order valence-corrected chi connectivity index (χ2v) is 6.12. The van der Waals surface area contributed by atoms with Crippen LogP contribution in [0.3, 0.4) is 0 Å². The molecule has 116 valence electrons. The molecule has 3 N–H and O–H groups in total. The molecule has 22 heavy (non-hydrogen) atoms. The van der Waals surface area contributed by atoms with E-state index in [0.29, 0.717) is 17.0 Å². The molecule has 6 nitrogen and oxygen atoms in total. The van der Waals surface area contributed by atoms with Crippen molar-refractivity contribution in [2.75, 3.05) is 13.1 Å². The molecule has 2 aliphatic rings. The highest BCUT2D eigenvalue weighted by Gasteiger charge is 2.46. The normalized spacial score (nSPS) is 24.1. The van der Waals surface area contributed by atoms with Crippen molar-refractivity contribution in [2.45, 2.75) is 13.0 Å². The summed E-state index contributed by atoms with van der Waals surface area (Å²) >= 11 is 6.23. The molecule has 7 heteroatoms. The van der Waals surface area contributed by atoms with E-state index in [0.717, 1.165) is 25.2 Å². The molecule has 0 aromatic heterocycles. The minimum Gasteiger partial charge on any atom is -0.463 e. The van der Waals surface area contributed by atoms with Crippen molar-refractivity contribution in [3.8, 4) is 0 Å². The predicted molar refractivity (Wildman–Crippen MR) is 82.3 cm³/mol. The lowest BCUT2D eigenvalue weighted by molar-refractivity contribution is 0.0964. The van der Waals surface area contributed by atoms with Gasteiger partial charge in [-0.25, -0.2) is 4.79 Å². The zero-order valence-corrected chi connectivity index (χ0v) is 12.6. The smallest absolute Gasteiger partial charge is 0.432 e. The molecule has 2 atom stereocenters. The molecule has 0 bridgehead atoms. The Labute approximate surface area is 132 Å². The molecular weight excluding hydrogens is 306 g/mol. The first kappa shape index (κ1) is 15.0. The van der Waals surface area contributed by atoms with Crippen molar-refractivity contribution in [3.05, 3.63) is 34.3 Å². The number of aliphatic imine (C=N–C) groups is 1. The van der Waals surface area contributed by atoms with Gasteiger partial charge in [-0.05, 0) is 18.1 Å². The average Bonchev–Trinajstić information content (AvgIpc) is 3.34. The number of benzene rings is 1. The third-order valence-corrected chi connectivity index (χ3v) is 4.36. The summed E-state index contributed by atoms with van der Waals surface area (Å²) in [4.78, 5) is 28.4. The first-order chi connectivity index (χ1) is 10.5. The summed E-state index contributed by atoms with van der Waals surface area (Å²) in [5.41, 5.74) is 7.13. The van der Waals surface area contributed by atoms with Crippen LogP contribution in [0.1, 0.15) is 22.3 Å². The molecule has 1 aromatic rings. The topological polar surface area (TPSA) is 95.8 Å². The number of halogens is 1. The van der Waals surface area contributed by atoms with E-state index in [9.17, 15) is 9.59 Å². The van der Waals surface area contributed by atoms with Gasteiger partial charge in [-0.1, -0.05) is 23.7 Å². The van der Waals surface area contributed by atoms with Crippen LogP contribution >= 0.6 is 11.6 Å².